The number of imide groups is 1. The number of nitrogens with zero attached hydrogens (tertiary/aromatic N) is 1. The molecule has 1 aliphatic rings. The van der Waals surface area contributed by atoms with E-state index in [0.29, 0.717) is 12.5 Å². The van der Waals surface area contributed by atoms with Crippen LogP contribution in [0.3, 0.4) is 0 Å². The van der Waals surface area contributed by atoms with Gasteiger partial charge in [-0.15, -0.1) is 0 Å². The van der Waals surface area contributed by atoms with Crippen LogP contribution in [-0.4, -0.2) is 50.1 Å². The van der Waals surface area contributed by atoms with Crippen LogP contribution >= 0.6 is 0 Å². The standard InChI is InChI=1S/C10H20N4O2/c1-12-10(16)13-9(15)7-14-4-2-3-8(5-11)6-14/h8H,2-7,11H2,1H3,(H2,12,13,15,16). The first-order valence-corrected chi connectivity index (χ1v) is 5.59. The molecule has 1 aliphatic heterocycles. The second-order valence-electron chi connectivity index (χ2n) is 4.11. The molecule has 0 spiro atoms. The third-order valence-corrected chi connectivity index (χ3v) is 2.78. The molecule has 1 atom stereocenters. The Bertz CT molecular complexity index is 257. The van der Waals surface area contributed by atoms with Gasteiger partial charge in [-0.1, -0.05) is 0 Å². The summed E-state index contributed by atoms with van der Waals surface area (Å²) in [6, 6.07) is -0.461. The van der Waals surface area contributed by atoms with Crippen molar-refractivity contribution in [2.75, 3.05) is 33.2 Å². The summed E-state index contributed by atoms with van der Waals surface area (Å²) in [7, 11) is 1.48. The summed E-state index contributed by atoms with van der Waals surface area (Å²) in [6.45, 7) is 2.67. The summed E-state index contributed by atoms with van der Waals surface area (Å²) >= 11 is 0. The fourth-order valence-electron chi connectivity index (χ4n) is 1.92. The lowest BCUT2D eigenvalue weighted by Crippen LogP contribution is -2.46. The van der Waals surface area contributed by atoms with Gasteiger partial charge in [0, 0.05) is 13.6 Å². The number of carbonyl (C=O) groups is 2. The third-order valence-electron chi connectivity index (χ3n) is 2.78. The maximum atomic E-state index is 11.4. The van der Waals surface area contributed by atoms with Crippen LogP contribution in [0.15, 0.2) is 0 Å². The second kappa shape index (κ2) is 6.44. The van der Waals surface area contributed by atoms with Gasteiger partial charge in [0.05, 0.1) is 6.54 Å². The predicted octanol–water partition coefficient (Wildman–Crippen LogP) is -0.887. The number of nitrogens with one attached hydrogen (secondary N) is 2. The number of nitrogens with two attached hydrogens (primary N) is 1. The van der Waals surface area contributed by atoms with Crippen LogP contribution in [0.25, 0.3) is 0 Å². The molecule has 0 aromatic rings. The van der Waals surface area contributed by atoms with E-state index in [1.165, 1.54) is 7.05 Å². The van der Waals surface area contributed by atoms with Gasteiger partial charge in [-0.05, 0) is 31.8 Å². The van der Waals surface area contributed by atoms with Gasteiger partial charge in [0.25, 0.3) is 0 Å². The lowest BCUT2D eigenvalue weighted by Gasteiger charge is -2.31. The Labute approximate surface area is 95.5 Å². The van der Waals surface area contributed by atoms with Crippen molar-refractivity contribution in [2.24, 2.45) is 11.7 Å². The minimum atomic E-state index is -0.461. The molecule has 0 aliphatic carbocycles. The van der Waals surface area contributed by atoms with Gasteiger partial charge in [-0.2, -0.15) is 0 Å². The zero-order valence-corrected chi connectivity index (χ0v) is 9.66. The van der Waals surface area contributed by atoms with E-state index in [1.54, 1.807) is 0 Å². The number of hydrogen-bond acceptors (Lipinski definition) is 4. The van der Waals surface area contributed by atoms with Crippen LogP contribution < -0.4 is 16.4 Å². The molecular weight excluding hydrogens is 208 g/mol. The Balaban J connectivity index is 2.30. The largest absolute Gasteiger partial charge is 0.341 e. The van der Waals surface area contributed by atoms with E-state index >= 15 is 0 Å². The molecule has 1 saturated heterocycles. The van der Waals surface area contributed by atoms with Crippen LogP contribution in [0.2, 0.25) is 0 Å². The smallest absolute Gasteiger partial charge is 0.321 e. The summed E-state index contributed by atoms with van der Waals surface area (Å²) in [5.41, 5.74) is 5.61. The normalized spacial score (nSPS) is 21.5. The highest BCUT2D eigenvalue weighted by Gasteiger charge is 2.20. The van der Waals surface area contributed by atoms with Crippen molar-refractivity contribution in [2.45, 2.75) is 12.8 Å². The molecule has 16 heavy (non-hydrogen) atoms. The molecule has 3 amide bonds. The number of carbonyl (C=O) groups excluding carboxylic acids is 2. The van der Waals surface area contributed by atoms with Gasteiger partial charge in [0.15, 0.2) is 0 Å². The Morgan fingerprint density at radius 3 is 2.88 bits per heavy atom. The number of likely N-dealkylation sites (tertiary alicyclic amines) is 1. The number of hydrogen-bond donors (Lipinski definition) is 3. The highest BCUT2D eigenvalue weighted by atomic mass is 16.2. The predicted molar refractivity (Wildman–Crippen MR) is 60.8 cm³/mol. The number of piperidine rings is 1. The molecule has 1 rings (SSSR count). The van der Waals surface area contributed by atoms with Crippen molar-refractivity contribution in [1.29, 1.82) is 0 Å². The Morgan fingerprint density at radius 2 is 2.25 bits per heavy atom. The van der Waals surface area contributed by atoms with Crippen molar-refractivity contribution in [1.82, 2.24) is 15.5 Å². The zero-order valence-electron chi connectivity index (χ0n) is 9.66. The van der Waals surface area contributed by atoms with Gasteiger partial charge in [0.2, 0.25) is 5.91 Å². The molecule has 0 radical (unpaired) electrons. The van der Waals surface area contributed by atoms with Crippen molar-refractivity contribution in [3.05, 3.63) is 0 Å². The molecule has 4 N–H and O–H groups in total. The van der Waals surface area contributed by atoms with Crippen LogP contribution in [-0.2, 0) is 4.79 Å². The summed E-state index contributed by atoms with van der Waals surface area (Å²) in [5.74, 6) is 0.207. The van der Waals surface area contributed by atoms with E-state index in [-0.39, 0.29) is 12.5 Å². The molecule has 1 unspecified atom stereocenters. The quantitative estimate of drug-likeness (QED) is 0.585. The van der Waals surface area contributed by atoms with Gasteiger partial charge >= 0.3 is 6.03 Å². The minimum Gasteiger partial charge on any atom is -0.341 e. The monoisotopic (exact) mass is 228 g/mol. The Hall–Kier alpha value is -1.14. The van der Waals surface area contributed by atoms with E-state index in [2.05, 4.69) is 10.6 Å². The highest BCUT2D eigenvalue weighted by molar-refractivity contribution is 5.95. The molecule has 0 aromatic carbocycles. The van der Waals surface area contributed by atoms with Gasteiger partial charge in [-0.3, -0.25) is 15.0 Å². The van der Waals surface area contributed by atoms with Crippen molar-refractivity contribution < 1.29 is 9.59 Å². The van der Waals surface area contributed by atoms with Gasteiger partial charge < -0.3 is 11.1 Å². The van der Waals surface area contributed by atoms with Crippen LogP contribution in [0.1, 0.15) is 12.8 Å². The maximum Gasteiger partial charge on any atom is 0.321 e. The molecule has 92 valence electrons. The molecular formula is C10H20N4O2. The lowest BCUT2D eigenvalue weighted by molar-refractivity contribution is -0.121. The minimum absolute atomic E-state index is 0.267. The first-order valence-electron chi connectivity index (χ1n) is 5.59. The Morgan fingerprint density at radius 1 is 1.50 bits per heavy atom. The first kappa shape index (κ1) is 12.9. The van der Waals surface area contributed by atoms with E-state index in [1.807, 2.05) is 4.90 Å². The maximum absolute atomic E-state index is 11.4. The van der Waals surface area contributed by atoms with Crippen molar-refractivity contribution >= 4 is 11.9 Å². The summed E-state index contributed by atoms with van der Waals surface area (Å²) in [4.78, 5) is 24.4. The molecule has 0 saturated carbocycles. The number of urea groups is 1. The molecule has 1 heterocycles. The molecule has 0 aromatic heterocycles. The van der Waals surface area contributed by atoms with Gasteiger partial charge in [0.1, 0.15) is 0 Å². The van der Waals surface area contributed by atoms with E-state index in [0.717, 1.165) is 25.9 Å². The fourth-order valence-corrected chi connectivity index (χ4v) is 1.92. The third kappa shape index (κ3) is 4.16. The van der Waals surface area contributed by atoms with Crippen LogP contribution in [0.5, 0.6) is 0 Å². The average Bonchev–Trinajstić information content (AvgIpc) is 2.28. The van der Waals surface area contributed by atoms with Crippen LogP contribution in [0.4, 0.5) is 4.79 Å². The first-order chi connectivity index (χ1) is 7.65. The lowest BCUT2D eigenvalue weighted by atomic mass is 9.98. The van der Waals surface area contributed by atoms with Crippen LogP contribution in [0, 0.1) is 5.92 Å². The summed E-state index contributed by atoms with van der Waals surface area (Å²) < 4.78 is 0. The summed E-state index contributed by atoms with van der Waals surface area (Å²) in [6.07, 6.45) is 2.19. The fraction of sp³-hybridized carbons (Fsp3) is 0.800. The van der Waals surface area contributed by atoms with Crippen molar-refractivity contribution in [3.63, 3.8) is 0 Å². The number of amides is 3. The molecule has 6 nitrogen and oxygen atoms in total. The SMILES string of the molecule is CNC(=O)NC(=O)CN1CCCC(CN)C1. The topological polar surface area (TPSA) is 87.5 Å². The number of rotatable bonds is 3. The van der Waals surface area contributed by atoms with E-state index < -0.39 is 6.03 Å². The molecule has 0 bridgehead atoms. The summed E-state index contributed by atoms with van der Waals surface area (Å²) in [5, 5.41) is 4.59. The highest BCUT2D eigenvalue weighted by Crippen LogP contribution is 2.14. The average molecular weight is 228 g/mol. The van der Waals surface area contributed by atoms with E-state index in [9.17, 15) is 9.59 Å². The second-order valence-corrected chi connectivity index (χ2v) is 4.11. The Kier molecular flexibility index (Phi) is 5.21. The zero-order chi connectivity index (χ0) is 12.0. The van der Waals surface area contributed by atoms with E-state index in [4.69, 9.17) is 5.73 Å². The van der Waals surface area contributed by atoms with Gasteiger partial charge in [-0.25, -0.2) is 4.79 Å². The van der Waals surface area contributed by atoms with Crippen molar-refractivity contribution in [3.8, 4) is 0 Å². The molecule has 6 heteroatoms. The molecule has 1 fully saturated rings.